The highest BCUT2D eigenvalue weighted by atomic mass is 35.5. The highest BCUT2D eigenvalue weighted by molar-refractivity contribution is 6.30. The van der Waals surface area contributed by atoms with E-state index in [1.807, 2.05) is 42.5 Å². The molecule has 2 aliphatic rings. The molecule has 4 amide bonds. The van der Waals surface area contributed by atoms with Crippen molar-refractivity contribution in [1.29, 1.82) is 0 Å². The van der Waals surface area contributed by atoms with Crippen molar-refractivity contribution in [3.8, 4) is 0 Å². The Morgan fingerprint density at radius 1 is 1.00 bits per heavy atom. The van der Waals surface area contributed by atoms with E-state index in [9.17, 15) is 14.4 Å². The van der Waals surface area contributed by atoms with Crippen LogP contribution in [0.3, 0.4) is 0 Å². The summed E-state index contributed by atoms with van der Waals surface area (Å²) in [4.78, 5) is 42.7. The Bertz CT molecular complexity index is 935. The number of halogens is 1. The largest absolute Gasteiger partial charge is 0.350 e. The number of hydrogen-bond donors (Lipinski definition) is 1. The summed E-state index contributed by atoms with van der Waals surface area (Å²) in [6, 6.07) is 16.2. The molecule has 2 saturated heterocycles. The van der Waals surface area contributed by atoms with Crippen molar-refractivity contribution in [2.45, 2.75) is 19.1 Å². The molecule has 1 N–H and O–H groups in total. The van der Waals surface area contributed by atoms with Crippen molar-refractivity contribution in [2.24, 2.45) is 0 Å². The maximum absolute atomic E-state index is 12.8. The van der Waals surface area contributed by atoms with Gasteiger partial charge in [-0.15, -0.1) is 0 Å². The third-order valence-corrected chi connectivity index (χ3v) is 5.70. The second kappa shape index (κ2) is 8.85. The highest BCUT2D eigenvalue weighted by Crippen LogP contribution is 2.23. The third kappa shape index (κ3) is 4.47. The molecule has 2 aromatic rings. The van der Waals surface area contributed by atoms with E-state index in [4.69, 9.17) is 11.6 Å². The van der Waals surface area contributed by atoms with Crippen LogP contribution in [0.15, 0.2) is 54.6 Å². The molecule has 0 radical (unpaired) electrons. The van der Waals surface area contributed by atoms with E-state index in [0.29, 0.717) is 31.2 Å². The molecular formula is C22H23ClN4O3. The lowest BCUT2D eigenvalue weighted by molar-refractivity contribution is -0.133. The molecule has 1 atom stereocenters. The van der Waals surface area contributed by atoms with E-state index in [-0.39, 0.29) is 24.4 Å². The summed E-state index contributed by atoms with van der Waals surface area (Å²) in [7, 11) is 0. The minimum atomic E-state index is -0.529. The molecule has 1 unspecified atom stereocenters. The topological polar surface area (TPSA) is 73.0 Å². The summed E-state index contributed by atoms with van der Waals surface area (Å²) in [5.74, 6) is -0.674. The molecule has 0 aliphatic carbocycles. The molecule has 0 aromatic heterocycles. The average molecular weight is 427 g/mol. The molecule has 30 heavy (non-hydrogen) atoms. The first-order valence-electron chi connectivity index (χ1n) is 9.90. The Labute approximate surface area is 180 Å². The molecule has 4 rings (SSSR count). The van der Waals surface area contributed by atoms with Crippen LogP contribution in [0, 0.1) is 0 Å². The predicted molar refractivity (Wildman–Crippen MR) is 113 cm³/mol. The number of rotatable bonds is 6. The van der Waals surface area contributed by atoms with Crippen molar-refractivity contribution in [3.63, 3.8) is 0 Å². The van der Waals surface area contributed by atoms with Crippen LogP contribution in [0.25, 0.3) is 0 Å². The van der Waals surface area contributed by atoms with Gasteiger partial charge in [0.1, 0.15) is 12.6 Å². The second-order valence-electron chi connectivity index (χ2n) is 7.54. The Morgan fingerprint density at radius 2 is 1.73 bits per heavy atom. The van der Waals surface area contributed by atoms with Crippen LogP contribution in [0.5, 0.6) is 0 Å². The zero-order chi connectivity index (χ0) is 21.1. The SMILES string of the molecule is O=C(CN1C(=O)C2CN(Cc3ccccc3)CCN2C1=O)NCc1ccc(Cl)cc1. The fraction of sp³-hybridized carbons (Fsp3) is 0.318. The van der Waals surface area contributed by atoms with Crippen LogP contribution >= 0.6 is 11.6 Å². The van der Waals surface area contributed by atoms with Gasteiger partial charge in [0.25, 0.3) is 5.91 Å². The number of fused-ring (bicyclic) bond motifs is 1. The van der Waals surface area contributed by atoms with E-state index in [1.54, 1.807) is 17.0 Å². The maximum atomic E-state index is 12.8. The first kappa shape index (κ1) is 20.4. The molecular weight excluding hydrogens is 404 g/mol. The predicted octanol–water partition coefficient (Wildman–Crippen LogP) is 2.10. The zero-order valence-electron chi connectivity index (χ0n) is 16.5. The van der Waals surface area contributed by atoms with Gasteiger partial charge in [0.15, 0.2) is 0 Å². The molecule has 2 aromatic carbocycles. The Balaban J connectivity index is 1.33. The first-order chi connectivity index (χ1) is 14.5. The van der Waals surface area contributed by atoms with Crippen LogP contribution in [0.1, 0.15) is 11.1 Å². The van der Waals surface area contributed by atoms with Crippen LogP contribution in [-0.2, 0) is 22.7 Å². The normalized spacial score (nSPS) is 19.2. The Morgan fingerprint density at radius 3 is 2.47 bits per heavy atom. The lowest BCUT2D eigenvalue weighted by atomic mass is 10.1. The minimum Gasteiger partial charge on any atom is -0.350 e. The van der Waals surface area contributed by atoms with Crippen LogP contribution in [0.2, 0.25) is 5.02 Å². The molecule has 0 spiro atoms. The van der Waals surface area contributed by atoms with E-state index in [2.05, 4.69) is 10.2 Å². The van der Waals surface area contributed by atoms with E-state index in [0.717, 1.165) is 17.0 Å². The van der Waals surface area contributed by atoms with Crippen LogP contribution < -0.4 is 5.32 Å². The van der Waals surface area contributed by atoms with Gasteiger partial charge in [-0.1, -0.05) is 54.1 Å². The lowest BCUT2D eigenvalue weighted by Crippen LogP contribution is -2.52. The number of nitrogens with zero attached hydrogens (tertiary/aromatic N) is 3. The molecule has 2 heterocycles. The van der Waals surface area contributed by atoms with Gasteiger partial charge in [0, 0.05) is 37.7 Å². The molecule has 2 fully saturated rings. The second-order valence-corrected chi connectivity index (χ2v) is 7.98. The fourth-order valence-electron chi connectivity index (χ4n) is 3.84. The van der Waals surface area contributed by atoms with E-state index in [1.165, 1.54) is 5.56 Å². The first-order valence-corrected chi connectivity index (χ1v) is 10.3. The number of carbonyl (C=O) groups is 3. The van der Waals surface area contributed by atoms with Gasteiger partial charge >= 0.3 is 6.03 Å². The minimum absolute atomic E-state index is 0.267. The number of hydrogen-bond acceptors (Lipinski definition) is 4. The standard InChI is InChI=1S/C22H23ClN4O3/c23-18-8-6-16(7-9-18)12-24-20(28)15-27-21(29)19-14-25(10-11-26(19)22(27)30)13-17-4-2-1-3-5-17/h1-9,19H,10-15H2,(H,24,28). The smallest absolute Gasteiger partial charge is 0.328 e. The summed E-state index contributed by atoms with van der Waals surface area (Å²) in [5.41, 5.74) is 2.06. The Kier molecular flexibility index (Phi) is 6.01. The number of benzene rings is 2. The fourth-order valence-corrected chi connectivity index (χ4v) is 3.97. The van der Waals surface area contributed by atoms with Gasteiger partial charge < -0.3 is 10.2 Å². The van der Waals surface area contributed by atoms with Crippen molar-refractivity contribution in [2.75, 3.05) is 26.2 Å². The van der Waals surface area contributed by atoms with Gasteiger partial charge in [-0.25, -0.2) is 4.79 Å². The van der Waals surface area contributed by atoms with Crippen molar-refractivity contribution >= 4 is 29.4 Å². The molecule has 7 nitrogen and oxygen atoms in total. The Hall–Kier alpha value is -2.90. The molecule has 156 valence electrons. The highest BCUT2D eigenvalue weighted by Gasteiger charge is 2.47. The average Bonchev–Trinajstić information content (AvgIpc) is 2.98. The number of piperazine rings is 1. The monoisotopic (exact) mass is 426 g/mol. The summed E-state index contributed by atoms with van der Waals surface area (Å²) < 4.78 is 0. The lowest BCUT2D eigenvalue weighted by Gasteiger charge is -2.35. The van der Waals surface area contributed by atoms with Gasteiger partial charge in [-0.3, -0.25) is 19.4 Å². The van der Waals surface area contributed by atoms with Crippen LogP contribution in [-0.4, -0.2) is 64.8 Å². The van der Waals surface area contributed by atoms with Gasteiger partial charge in [-0.05, 0) is 23.3 Å². The maximum Gasteiger partial charge on any atom is 0.328 e. The van der Waals surface area contributed by atoms with E-state index >= 15 is 0 Å². The third-order valence-electron chi connectivity index (χ3n) is 5.45. The summed E-state index contributed by atoms with van der Waals surface area (Å²) in [5, 5.41) is 3.37. The summed E-state index contributed by atoms with van der Waals surface area (Å²) in [6.07, 6.45) is 0. The number of urea groups is 1. The summed E-state index contributed by atoms with van der Waals surface area (Å²) >= 11 is 5.86. The molecule has 0 bridgehead atoms. The molecule has 8 heteroatoms. The quantitative estimate of drug-likeness (QED) is 0.718. The number of imide groups is 1. The van der Waals surface area contributed by atoms with Crippen molar-refractivity contribution < 1.29 is 14.4 Å². The van der Waals surface area contributed by atoms with Crippen molar-refractivity contribution in [1.82, 2.24) is 20.0 Å². The van der Waals surface area contributed by atoms with Gasteiger partial charge in [0.2, 0.25) is 5.91 Å². The molecule has 0 saturated carbocycles. The van der Waals surface area contributed by atoms with Gasteiger partial charge in [0.05, 0.1) is 0 Å². The zero-order valence-corrected chi connectivity index (χ0v) is 17.2. The molecule has 2 aliphatic heterocycles. The van der Waals surface area contributed by atoms with E-state index < -0.39 is 6.04 Å². The number of nitrogens with one attached hydrogen (secondary N) is 1. The van der Waals surface area contributed by atoms with Crippen LogP contribution in [0.4, 0.5) is 4.79 Å². The van der Waals surface area contributed by atoms with Gasteiger partial charge in [-0.2, -0.15) is 0 Å². The number of amides is 4. The van der Waals surface area contributed by atoms with Crippen molar-refractivity contribution in [3.05, 3.63) is 70.7 Å². The number of carbonyl (C=O) groups excluding carboxylic acids is 3. The summed E-state index contributed by atoms with van der Waals surface area (Å²) in [6.45, 7) is 2.42.